The number of hydrogen-bond acceptors (Lipinski definition) is 4. The van der Waals surface area contributed by atoms with E-state index in [9.17, 15) is 10.1 Å². The first-order valence-electron chi connectivity index (χ1n) is 3.58. The van der Waals surface area contributed by atoms with E-state index in [4.69, 9.17) is 0 Å². The van der Waals surface area contributed by atoms with Crippen molar-refractivity contribution in [2.24, 2.45) is 9.98 Å². The summed E-state index contributed by atoms with van der Waals surface area (Å²) in [6.45, 7) is 3.51. The molecule has 64 valence electrons. The molecule has 0 N–H and O–H groups in total. The highest BCUT2D eigenvalue weighted by molar-refractivity contribution is 5.30. The maximum absolute atomic E-state index is 10.5. The van der Waals surface area contributed by atoms with Crippen molar-refractivity contribution in [2.75, 3.05) is 0 Å². The number of para-hydroxylation sites is 1. The van der Waals surface area contributed by atoms with Crippen molar-refractivity contribution >= 4 is 5.69 Å². The molecule has 0 saturated carbocycles. The Morgan fingerprint density at radius 1 is 1.38 bits per heavy atom. The van der Waals surface area contributed by atoms with Gasteiger partial charge in [-0.05, 0) is 6.07 Å². The Morgan fingerprint density at radius 2 is 2.15 bits per heavy atom. The predicted molar refractivity (Wildman–Crippen MR) is 44.5 cm³/mol. The standard InChI is InChI=1S/C8H5N3O2/c1-5-9-6-3-2-4-7(11(12)13)8(6)10-5/h2-4H,1H2. The van der Waals surface area contributed by atoms with Crippen LogP contribution >= 0.6 is 0 Å². The van der Waals surface area contributed by atoms with Crippen molar-refractivity contribution in [3.05, 3.63) is 51.4 Å². The molecule has 0 bridgehead atoms. The van der Waals surface area contributed by atoms with E-state index in [2.05, 4.69) is 16.6 Å². The molecule has 0 unspecified atom stereocenters. The van der Waals surface area contributed by atoms with Gasteiger partial charge in [0.15, 0.2) is 5.36 Å². The van der Waals surface area contributed by atoms with Gasteiger partial charge in [-0.1, -0.05) is 12.6 Å². The van der Waals surface area contributed by atoms with Crippen LogP contribution in [0.15, 0.2) is 40.6 Å². The van der Waals surface area contributed by atoms with E-state index in [1.165, 1.54) is 6.07 Å². The van der Waals surface area contributed by atoms with Gasteiger partial charge >= 0.3 is 0 Å². The first kappa shape index (κ1) is 7.60. The number of nitro benzene ring substituents is 1. The number of nitro groups is 1. The summed E-state index contributed by atoms with van der Waals surface area (Å²) in [6.07, 6.45) is 0. The molecule has 0 saturated heterocycles. The van der Waals surface area contributed by atoms with Crippen molar-refractivity contribution in [3.8, 4) is 0 Å². The minimum atomic E-state index is -0.476. The van der Waals surface area contributed by atoms with Crippen LogP contribution in [0.4, 0.5) is 5.69 Å². The van der Waals surface area contributed by atoms with Gasteiger partial charge in [0.25, 0.3) is 5.69 Å². The Hall–Kier alpha value is -2.04. The highest BCUT2D eigenvalue weighted by atomic mass is 16.6. The molecule has 0 spiro atoms. The second-order valence-electron chi connectivity index (χ2n) is 2.54. The lowest BCUT2D eigenvalue weighted by Gasteiger charge is -1.87. The van der Waals surface area contributed by atoms with Crippen LogP contribution in [-0.4, -0.2) is 4.92 Å². The normalized spacial score (nSPS) is 13.1. The van der Waals surface area contributed by atoms with E-state index in [1.807, 2.05) is 0 Å². The highest BCUT2D eigenvalue weighted by Crippen LogP contribution is 2.04. The first-order valence-corrected chi connectivity index (χ1v) is 3.58. The van der Waals surface area contributed by atoms with E-state index in [0.717, 1.165) is 0 Å². The number of non-ortho nitro benzene ring substituents is 1. The lowest BCUT2D eigenvalue weighted by atomic mass is 10.3. The molecule has 0 aliphatic carbocycles. The van der Waals surface area contributed by atoms with Crippen LogP contribution in [0, 0.1) is 10.1 Å². The Labute approximate surface area is 72.9 Å². The fourth-order valence-electron chi connectivity index (χ4n) is 1.16. The smallest absolute Gasteiger partial charge is 0.258 e. The maximum Gasteiger partial charge on any atom is 0.297 e. The molecular weight excluding hydrogens is 170 g/mol. The van der Waals surface area contributed by atoms with Crippen molar-refractivity contribution in [1.82, 2.24) is 0 Å². The van der Waals surface area contributed by atoms with Crippen LogP contribution in [0.5, 0.6) is 0 Å². The number of hydrogen-bond donors (Lipinski definition) is 0. The van der Waals surface area contributed by atoms with Crippen LogP contribution in [0.1, 0.15) is 0 Å². The largest absolute Gasteiger partial charge is 0.297 e. The van der Waals surface area contributed by atoms with Crippen LogP contribution in [0.2, 0.25) is 0 Å². The van der Waals surface area contributed by atoms with E-state index in [0.29, 0.717) is 16.5 Å². The second kappa shape index (κ2) is 2.48. The third kappa shape index (κ3) is 1.10. The minimum absolute atomic E-state index is 0.0279. The molecular formula is C8H5N3O2. The lowest BCUT2D eigenvalue weighted by Crippen LogP contribution is -2.24. The van der Waals surface area contributed by atoms with Gasteiger partial charge in [0.05, 0.1) is 10.3 Å². The van der Waals surface area contributed by atoms with Gasteiger partial charge in [0.2, 0.25) is 0 Å². The summed E-state index contributed by atoms with van der Waals surface area (Å²) in [6, 6.07) is 4.65. The van der Waals surface area contributed by atoms with Crippen molar-refractivity contribution in [3.63, 3.8) is 0 Å². The minimum Gasteiger partial charge on any atom is -0.258 e. The third-order valence-corrected chi connectivity index (χ3v) is 1.68. The SMILES string of the molecule is C=C1N=c2cccc([N+](=O)[O-])c2=N1. The Bertz CT molecular complexity index is 519. The summed E-state index contributed by atoms with van der Waals surface area (Å²) in [4.78, 5) is 17.9. The summed E-state index contributed by atoms with van der Waals surface area (Å²) < 4.78 is 0. The summed E-state index contributed by atoms with van der Waals surface area (Å²) in [7, 11) is 0. The molecule has 0 amide bonds. The fourth-order valence-corrected chi connectivity index (χ4v) is 1.16. The summed E-state index contributed by atoms with van der Waals surface area (Å²) in [5.74, 6) is 0.310. The maximum atomic E-state index is 10.5. The zero-order valence-electron chi connectivity index (χ0n) is 6.60. The molecule has 1 aliphatic rings. The molecule has 1 aromatic rings. The van der Waals surface area contributed by atoms with Gasteiger partial charge in [-0.15, -0.1) is 0 Å². The number of nitrogens with zero attached hydrogens (tertiary/aromatic N) is 3. The average molecular weight is 175 g/mol. The number of rotatable bonds is 1. The van der Waals surface area contributed by atoms with Crippen LogP contribution in [0.3, 0.4) is 0 Å². The van der Waals surface area contributed by atoms with E-state index < -0.39 is 4.92 Å². The second-order valence-corrected chi connectivity index (χ2v) is 2.54. The molecule has 5 nitrogen and oxygen atoms in total. The molecule has 0 aromatic heterocycles. The molecule has 0 fully saturated rings. The zero-order valence-corrected chi connectivity index (χ0v) is 6.60. The molecule has 2 rings (SSSR count). The number of fused-ring (bicyclic) bond motifs is 1. The Morgan fingerprint density at radius 3 is 2.85 bits per heavy atom. The van der Waals surface area contributed by atoms with Gasteiger partial charge in [0.1, 0.15) is 5.82 Å². The lowest BCUT2D eigenvalue weighted by molar-refractivity contribution is -0.386. The molecule has 1 aliphatic heterocycles. The monoisotopic (exact) mass is 175 g/mol. The highest BCUT2D eigenvalue weighted by Gasteiger charge is 2.13. The molecule has 0 atom stereocenters. The van der Waals surface area contributed by atoms with Gasteiger partial charge in [-0.3, -0.25) is 10.1 Å². The van der Waals surface area contributed by atoms with Gasteiger partial charge < -0.3 is 0 Å². The predicted octanol–water partition coefficient (Wildman–Crippen LogP) is 0.319. The van der Waals surface area contributed by atoms with Crippen LogP contribution < -0.4 is 10.7 Å². The summed E-state index contributed by atoms with van der Waals surface area (Å²) in [5, 5.41) is 11.4. The van der Waals surface area contributed by atoms with Gasteiger partial charge in [0, 0.05) is 6.07 Å². The summed E-state index contributed by atoms with van der Waals surface area (Å²) >= 11 is 0. The molecule has 13 heavy (non-hydrogen) atoms. The Balaban J connectivity index is 2.88. The molecule has 0 radical (unpaired) electrons. The van der Waals surface area contributed by atoms with Crippen molar-refractivity contribution < 1.29 is 4.92 Å². The molecule has 1 heterocycles. The van der Waals surface area contributed by atoms with Crippen LogP contribution in [0.25, 0.3) is 0 Å². The summed E-state index contributed by atoms with van der Waals surface area (Å²) in [5.41, 5.74) is -0.0279. The van der Waals surface area contributed by atoms with E-state index in [-0.39, 0.29) is 5.69 Å². The fraction of sp³-hybridized carbons (Fsp3) is 0. The van der Waals surface area contributed by atoms with E-state index in [1.54, 1.807) is 12.1 Å². The first-order chi connectivity index (χ1) is 6.18. The average Bonchev–Trinajstić information content (AvgIpc) is 2.43. The number of benzene rings is 1. The Kier molecular flexibility index (Phi) is 1.45. The van der Waals surface area contributed by atoms with Crippen molar-refractivity contribution in [2.45, 2.75) is 0 Å². The topological polar surface area (TPSA) is 67.9 Å². The zero-order chi connectivity index (χ0) is 9.42. The van der Waals surface area contributed by atoms with E-state index >= 15 is 0 Å². The van der Waals surface area contributed by atoms with Crippen LogP contribution in [-0.2, 0) is 0 Å². The third-order valence-electron chi connectivity index (χ3n) is 1.68. The van der Waals surface area contributed by atoms with Crippen molar-refractivity contribution in [1.29, 1.82) is 0 Å². The molecule has 1 aromatic carbocycles. The van der Waals surface area contributed by atoms with Gasteiger partial charge in [-0.25, -0.2) is 9.98 Å². The van der Waals surface area contributed by atoms with Gasteiger partial charge in [-0.2, -0.15) is 0 Å². The quantitative estimate of drug-likeness (QED) is 0.455. The molecule has 5 heteroatoms.